The van der Waals surface area contributed by atoms with Crippen LogP contribution in [-0.2, 0) is 24.7 Å². The van der Waals surface area contributed by atoms with Crippen LogP contribution in [0.25, 0.3) is 32.9 Å². The van der Waals surface area contributed by atoms with Crippen molar-refractivity contribution in [3.63, 3.8) is 0 Å². The van der Waals surface area contributed by atoms with Gasteiger partial charge in [-0.3, -0.25) is 4.98 Å². The van der Waals surface area contributed by atoms with Crippen LogP contribution in [0, 0.1) is 12.1 Å². The maximum Gasteiger partial charge on any atom is 0.147 e. The van der Waals surface area contributed by atoms with Crippen LogP contribution in [0.15, 0.2) is 158 Å². The number of fused-ring (bicyclic) bond motifs is 3. The zero-order valence-corrected chi connectivity index (χ0v) is 25.4. The van der Waals surface area contributed by atoms with Crippen molar-refractivity contribution in [3.8, 4) is 11.3 Å². The molecule has 0 aliphatic rings. The Morgan fingerprint density at radius 2 is 1.00 bits per heavy atom. The normalized spacial score (nSPS) is 10.8. The molecule has 7 rings (SSSR count). The van der Waals surface area contributed by atoms with Crippen molar-refractivity contribution in [1.82, 2.24) is 4.98 Å². The third kappa shape index (κ3) is 5.85. The summed E-state index contributed by atoms with van der Waals surface area (Å²) in [6.07, 6.45) is 0. The van der Waals surface area contributed by atoms with Crippen molar-refractivity contribution in [1.29, 1.82) is 0 Å². The van der Waals surface area contributed by atoms with Crippen molar-refractivity contribution in [2.24, 2.45) is 0 Å². The van der Waals surface area contributed by atoms with Gasteiger partial charge < -0.3 is 4.57 Å². The molecule has 0 spiro atoms. The van der Waals surface area contributed by atoms with Crippen LogP contribution in [0.2, 0.25) is 0 Å². The average Bonchev–Trinajstić information content (AvgIpc) is 3.06. The maximum absolute atomic E-state index is 13.8. The second-order valence-electron chi connectivity index (χ2n) is 9.33. The Balaban J connectivity index is 0.000000161. The van der Waals surface area contributed by atoms with Crippen LogP contribution in [0.3, 0.4) is 0 Å². The summed E-state index contributed by atoms with van der Waals surface area (Å²) in [7, 11) is -2.83. The zero-order valence-electron chi connectivity index (χ0n) is 22.1. The summed E-state index contributed by atoms with van der Waals surface area (Å²) < 4.78 is 13.8. The zero-order chi connectivity index (χ0) is 27.2. The summed E-state index contributed by atoms with van der Waals surface area (Å²) in [6.45, 7) is 0. The van der Waals surface area contributed by atoms with Gasteiger partial charge in [-0.1, -0.05) is 108 Å². The van der Waals surface area contributed by atoms with Crippen LogP contribution in [0.4, 0.5) is 0 Å². The molecule has 201 valence electrons. The predicted octanol–water partition coefficient (Wildman–Crippen LogP) is 7.98. The first-order valence-electron chi connectivity index (χ1n) is 13.2. The number of para-hydroxylation sites is 1. The molecule has 1 radical (unpaired) electrons. The molecule has 0 saturated carbocycles. The van der Waals surface area contributed by atoms with Crippen molar-refractivity contribution in [3.05, 3.63) is 170 Å². The smallest absolute Gasteiger partial charge is 0.147 e. The fourth-order valence-electron chi connectivity index (χ4n) is 4.93. The second kappa shape index (κ2) is 13.0. The van der Waals surface area contributed by atoms with E-state index in [4.69, 9.17) is 4.98 Å². The molecule has 0 amide bonds. The molecule has 0 fully saturated rings. The standard InChI is InChI=1S/C19H12N.C18H14OP.Ir/c1-2-8-14(9-3-1)19-17-12-5-4-10-15(17)16-11-6-7-13-18(16)20-19;19-20(16-10-4-1-5-11-16,17-12-6-2-7-13-17)18-14-8-3-9-15-18;/h1-8,10-13H;1-14H;/q2*-1;. The van der Waals surface area contributed by atoms with Crippen LogP contribution in [0.1, 0.15) is 0 Å². The van der Waals surface area contributed by atoms with Gasteiger partial charge in [-0.25, -0.2) is 0 Å². The van der Waals surface area contributed by atoms with Gasteiger partial charge >= 0.3 is 0 Å². The van der Waals surface area contributed by atoms with Crippen molar-refractivity contribution >= 4 is 44.7 Å². The number of hydrogen-bond donors (Lipinski definition) is 0. The predicted molar refractivity (Wildman–Crippen MR) is 168 cm³/mol. The molecular weight excluding hydrogens is 698 g/mol. The van der Waals surface area contributed by atoms with E-state index in [2.05, 4.69) is 60.7 Å². The van der Waals surface area contributed by atoms with Gasteiger partial charge in [0.1, 0.15) is 7.14 Å². The molecule has 0 saturated heterocycles. The third-order valence-corrected chi connectivity index (χ3v) is 9.85. The van der Waals surface area contributed by atoms with Gasteiger partial charge in [-0.2, -0.15) is 30.3 Å². The Bertz CT molecular complexity index is 1810. The minimum atomic E-state index is -2.83. The number of hydrogen-bond acceptors (Lipinski definition) is 2. The number of aromatic nitrogens is 1. The van der Waals surface area contributed by atoms with E-state index in [1.165, 1.54) is 16.2 Å². The van der Waals surface area contributed by atoms with E-state index < -0.39 is 7.14 Å². The molecule has 2 nitrogen and oxygen atoms in total. The van der Waals surface area contributed by atoms with Crippen molar-refractivity contribution in [2.45, 2.75) is 0 Å². The van der Waals surface area contributed by atoms with E-state index in [0.29, 0.717) is 0 Å². The first-order chi connectivity index (χ1) is 19.7. The van der Waals surface area contributed by atoms with Crippen LogP contribution in [-0.4, -0.2) is 4.98 Å². The van der Waals surface area contributed by atoms with Gasteiger partial charge in [0.15, 0.2) is 0 Å². The minimum Gasteiger partial charge on any atom is -0.311 e. The molecule has 1 heterocycles. The molecule has 0 bridgehead atoms. The van der Waals surface area contributed by atoms with Gasteiger partial charge in [0.05, 0.1) is 5.52 Å². The van der Waals surface area contributed by atoms with E-state index in [-0.39, 0.29) is 20.1 Å². The van der Waals surface area contributed by atoms with Gasteiger partial charge in [0.2, 0.25) is 0 Å². The summed E-state index contributed by atoms with van der Waals surface area (Å²) in [4.78, 5) is 4.84. The molecule has 4 heteroatoms. The van der Waals surface area contributed by atoms with Crippen LogP contribution >= 0.6 is 7.14 Å². The fourth-order valence-corrected chi connectivity index (χ4v) is 7.52. The second-order valence-corrected chi connectivity index (χ2v) is 12.1. The molecule has 0 unspecified atom stereocenters. The summed E-state index contributed by atoms with van der Waals surface area (Å²) >= 11 is 0. The summed E-state index contributed by atoms with van der Waals surface area (Å²) in [5, 5.41) is 6.04. The summed E-state index contributed by atoms with van der Waals surface area (Å²) in [5.41, 5.74) is 3.06. The van der Waals surface area contributed by atoms with E-state index in [0.717, 1.165) is 32.7 Å². The molecule has 0 aliphatic carbocycles. The van der Waals surface area contributed by atoms with Crippen molar-refractivity contribution < 1.29 is 24.7 Å². The van der Waals surface area contributed by atoms with Gasteiger partial charge in [-0.05, 0) is 22.5 Å². The molecule has 0 N–H and O–H groups in total. The third-order valence-electron chi connectivity index (χ3n) is 6.84. The number of rotatable bonds is 4. The number of pyridine rings is 1. The molecular formula is C37H26IrNOP-2. The Labute approximate surface area is 254 Å². The Morgan fingerprint density at radius 3 is 1.59 bits per heavy atom. The molecule has 41 heavy (non-hydrogen) atoms. The first-order valence-corrected chi connectivity index (χ1v) is 14.9. The summed E-state index contributed by atoms with van der Waals surface area (Å²) in [6, 6.07) is 57.9. The van der Waals surface area contributed by atoms with Gasteiger partial charge in [0, 0.05) is 36.1 Å². The Hall–Kier alpha value is -4.13. The molecule has 0 atom stereocenters. The van der Waals surface area contributed by atoms with Crippen LogP contribution in [0.5, 0.6) is 0 Å². The minimum absolute atomic E-state index is 0. The molecule has 0 aliphatic heterocycles. The van der Waals surface area contributed by atoms with Gasteiger partial charge in [0.25, 0.3) is 0 Å². The largest absolute Gasteiger partial charge is 0.311 e. The number of benzene rings is 6. The molecule has 6 aromatic carbocycles. The van der Waals surface area contributed by atoms with E-state index >= 15 is 0 Å². The monoisotopic (exact) mass is 724 g/mol. The van der Waals surface area contributed by atoms with E-state index in [1.54, 1.807) is 0 Å². The molecule has 1 aromatic heterocycles. The summed E-state index contributed by atoms with van der Waals surface area (Å²) in [5.74, 6) is 0. The topological polar surface area (TPSA) is 30.0 Å². The van der Waals surface area contributed by atoms with Crippen molar-refractivity contribution in [2.75, 3.05) is 0 Å². The Morgan fingerprint density at radius 1 is 0.488 bits per heavy atom. The quantitative estimate of drug-likeness (QED) is 0.105. The molecule has 7 aromatic rings. The SMILES string of the molecule is O=P(c1[c-]cccc1)(c1ccccc1)c1ccccc1.[Ir].[c-]1ccccc1-c1nc2ccccc2c2ccccc12. The first kappa shape index (κ1) is 28.4. The fraction of sp³-hybridized carbons (Fsp3) is 0. The van der Waals surface area contributed by atoms with E-state index in [1.807, 2.05) is 109 Å². The van der Waals surface area contributed by atoms with Crippen LogP contribution < -0.4 is 15.9 Å². The Kier molecular flexibility index (Phi) is 9.02. The van der Waals surface area contributed by atoms with E-state index in [9.17, 15) is 4.57 Å². The average molecular weight is 724 g/mol. The maximum atomic E-state index is 13.8. The number of nitrogens with zero attached hydrogens (tertiary/aromatic N) is 1. The van der Waals surface area contributed by atoms with Gasteiger partial charge in [-0.15, -0.1) is 35.9 Å².